The van der Waals surface area contributed by atoms with Crippen LogP contribution < -0.4 is 5.32 Å². The highest BCUT2D eigenvalue weighted by Crippen LogP contribution is 2.30. The number of rotatable bonds is 0. The van der Waals surface area contributed by atoms with Gasteiger partial charge in [0.2, 0.25) is 0 Å². The van der Waals surface area contributed by atoms with Crippen molar-refractivity contribution in [2.24, 2.45) is 5.92 Å². The minimum absolute atomic E-state index is 0.794. The van der Waals surface area contributed by atoms with Gasteiger partial charge in [-0.15, -0.1) is 0 Å². The normalized spacial score (nSPS) is 40.8. The summed E-state index contributed by atoms with van der Waals surface area (Å²) in [4.78, 5) is 0. The maximum Gasteiger partial charge on any atom is 0.0588 e. The van der Waals surface area contributed by atoms with Crippen LogP contribution in [0.1, 0.15) is 38.5 Å². The lowest BCUT2D eigenvalue weighted by Crippen LogP contribution is -2.40. The quantitative estimate of drug-likeness (QED) is 0.538. The Balaban J connectivity index is 1.93. The molecule has 0 spiro atoms. The number of hydrogen-bond donors (Lipinski definition) is 1. The Kier molecular flexibility index (Phi) is 1.94. The van der Waals surface area contributed by atoms with E-state index in [1.807, 2.05) is 0 Å². The van der Waals surface area contributed by atoms with E-state index in [4.69, 9.17) is 0 Å². The van der Waals surface area contributed by atoms with Crippen molar-refractivity contribution in [3.8, 4) is 0 Å². The van der Waals surface area contributed by atoms with Crippen LogP contribution in [0.3, 0.4) is 0 Å². The third-order valence-corrected chi connectivity index (χ3v) is 2.84. The summed E-state index contributed by atoms with van der Waals surface area (Å²) in [6.45, 7) is 3.23. The van der Waals surface area contributed by atoms with Crippen molar-refractivity contribution in [2.75, 3.05) is 0 Å². The fourth-order valence-corrected chi connectivity index (χ4v) is 2.20. The van der Waals surface area contributed by atoms with Gasteiger partial charge in [0.25, 0.3) is 0 Å². The molecule has 0 aromatic carbocycles. The molecule has 2 unspecified atom stereocenters. The van der Waals surface area contributed by atoms with Crippen molar-refractivity contribution < 1.29 is 0 Å². The molecule has 1 aliphatic heterocycles. The molecule has 1 N–H and O–H groups in total. The Hall–Kier alpha value is -0.0400. The largest absolute Gasteiger partial charge is 0.305 e. The zero-order valence-corrected chi connectivity index (χ0v) is 6.40. The second-order valence-corrected chi connectivity index (χ2v) is 3.51. The van der Waals surface area contributed by atoms with Gasteiger partial charge in [0.15, 0.2) is 0 Å². The molecular formula is C9H15N. The molecule has 2 fully saturated rings. The molecule has 10 heavy (non-hydrogen) atoms. The van der Waals surface area contributed by atoms with Gasteiger partial charge in [-0.2, -0.15) is 0 Å². The minimum atomic E-state index is 0.794. The van der Waals surface area contributed by atoms with E-state index in [0.29, 0.717) is 0 Å². The van der Waals surface area contributed by atoms with Crippen LogP contribution in [-0.2, 0) is 0 Å². The standard InChI is InChI=1S/C9H15N/c1-2-6-9-8(4-1)5-3-7-10-9/h8-10H,1-6H2. The van der Waals surface area contributed by atoms with Crippen LogP contribution in [0.25, 0.3) is 0 Å². The Labute approximate surface area is 63.2 Å². The first-order valence-electron chi connectivity index (χ1n) is 4.45. The van der Waals surface area contributed by atoms with Crippen LogP contribution in [0.4, 0.5) is 0 Å². The summed E-state index contributed by atoms with van der Waals surface area (Å²) >= 11 is 0. The Morgan fingerprint density at radius 1 is 1.10 bits per heavy atom. The van der Waals surface area contributed by atoms with Crippen molar-refractivity contribution >= 4 is 0 Å². The van der Waals surface area contributed by atoms with E-state index in [1.165, 1.54) is 38.5 Å². The molecule has 1 saturated heterocycles. The third kappa shape index (κ3) is 1.20. The van der Waals surface area contributed by atoms with Crippen molar-refractivity contribution in [1.29, 1.82) is 0 Å². The molecule has 0 amide bonds. The van der Waals surface area contributed by atoms with Crippen LogP contribution >= 0.6 is 0 Å². The highest BCUT2D eigenvalue weighted by molar-refractivity contribution is 4.88. The lowest BCUT2D eigenvalue weighted by Gasteiger charge is -2.35. The highest BCUT2D eigenvalue weighted by Gasteiger charge is 2.26. The summed E-state index contributed by atoms with van der Waals surface area (Å²) in [5, 5.41) is 3.37. The zero-order valence-electron chi connectivity index (χ0n) is 6.40. The molecule has 2 atom stereocenters. The summed E-state index contributed by atoms with van der Waals surface area (Å²) in [7, 11) is 0. The molecule has 56 valence electrons. The van der Waals surface area contributed by atoms with E-state index in [9.17, 15) is 0 Å². The van der Waals surface area contributed by atoms with E-state index in [1.54, 1.807) is 0 Å². The first kappa shape index (κ1) is 6.66. The van der Waals surface area contributed by atoms with Gasteiger partial charge < -0.3 is 5.32 Å². The van der Waals surface area contributed by atoms with Gasteiger partial charge in [-0.1, -0.05) is 12.8 Å². The number of piperidine rings is 1. The second kappa shape index (κ2) is 2.91. The highest BCUT2D eigenvalue weighted by atomic mass is 14.9. The fraction of sp³-hybridized carbons (Fsp3) is 0.889. The topological polar surface area (TPSA) is 12.0 Å². The molecule has 2 rings (SSSR count). The van der Waals surface area contributed by atoms with Gasteiger partial charge in [0.1, 0.15) is 0 Å². The van der Waals surface area contributed by atoms with Crippen LogP contribution in [0.5, 0.6) is 0 Å². The van der Waals surface area contributed by atoms with Gasteiger partial charge >= 0.3 is 0 Å². The predicted molar refractivity (Wildman–Crippen MR) is 41.4 cm³/mol. The number of hydrogen-bond acceptors (Lipinski definition) is 1. The maximum absolute atomic E-state index is 3.37. The van der Waals surface area contributed by atoms with Crippen molar-refractivity contribution in [2.45, 2.75) is 44.6 Å². The number of fused-ring (bicyclic) bond motifs is 1. The Morgan fingerprint density at radius 3 is 2.90 bits per heavy atom. The zero-order chi connectivity index (χ0) is 6.81. The van der Waals surface area contributed by atoms with E-state index >= 15 is 0 Å². The average Bonchev–Trinajstić information content (AvgIpc) is 2.05. The van der Waals surface area contributed by atoms with E-state index in [0.717, 1.165) is 12.0 Å². The molecule has 1 nitrogen and oxygen atoms in total. The monoisotopic (exact) mass is 137 g/mol. The molecule has 1 saturated carbocycles. The maximum atomic E-state index is 3.37. The fourth-order valence-electron chi connectivity index (χ4n) is 2.20. The smallest absolute Gasteiger partial charge is 0.0588 e. The summed E-state index contributed by atoms with van der Waals surface area (Å²) in [6, 6.07) is 0.794. The van der Waals surface area contributed by atoms with E-state index < -0.39 is 0 Å². The summed E-state index contributed by atoms with van der Waals surface area (Å²) in [5.41, 5.74) is 0. The molecular weight excluding hydrogens is 122 g/mol. The van der Waals surface area contributed by atoms with Crippen LogP contribution in [0.15, 0.2) is 0 Å². The van der Waals surface area contributed by atoms with Crippen molar-refractivity contribution in [1.82, 2.24) is 5.32 Å². The molecule has 2 radical (unpaired) electrons. The molecule has 0 aromatic heterocycles. The summed E-state index contributed by atoms with van der Waals surface area (Å²) in [6.07, 6.45) is 8.29. The minimum Gasteiger partial charge on any atom is -0.305 e. The summed E-state index contributed by atoms with van der Waals surface area (Å²) < 4.78 is 0. The molecule has 0 bridgehead atoms. The Morgan fingerprint density at radius 2 is 2.00 bits per heavy atom. The average molecular weight is 137 g/mol. The molecule has 1 heterocycles. The van der Waals surface area contributed by atoms with E-state index in [-0.39, 0.29) is 0 Å². The summed E-state index contributed by atoms with van der Waals surface area (Å²) in [5.74, 6) is 0.981. The van der Waals surface area contributed by atoms with Crippen molar-refractivity contribution in [3.63, 3.8) is 0 Å². The molecule has 1 aliphatic carbocycles. The van der Waals surface area contributed by atoms with Gasteiger partial charge in [-0.05, 0) is 31.6 Å². The molecule has 1 heteroatoms. The lowest BCUT2D eigenvalue weighted by atomic mass is 9.80. The SMILES string of the molecule is [C]1CCC2CCCCC2N1. The Bertz CT molecular complexity index is 85.3. The van der Waals surface area contributed by atoms with Crippen molar-refractivity contribution in [3.05, 3.63) is 6.54 Å². The third-order valence-electron chi connectivity index (χ3n) is 2.84. The van der Waals surface area contributed by atoms with Gasteiger partial charge in [0, 0.05) is 6.04 Å². The second-order valence-electron chi connectivity index (χ2n) is 3.51. The van der Waals surface area contributed by atoms with Crippen LogP contribution in [0.2, 0.25) is 0 Å². The lowest BCUT2D eigenvalue weighted by molar-refractivity contribution is 0.231. The van der Waals surface area contributed by atoms with Gasteiger partial charge in [0.05, 0.1) is 6.54 Å². The van der Waals surface area contributed by atoms with Gasteiger partial charge in [-0.25, -0.2) is 0 Å². The van der Waals surface area contributed by atoms with Gasteiger partial charge in [-0.3, -0.25) is 0 Å². The van der Waals surface area contributed by atoms with E-state index in [2.05, 4.69) is 11.9 Å². The number of nitrogens with one attached hydrogen (secondary N) is 1. The molecule has 0 aromatic rings. The first-order valence-corrected chi connectivity index (χ1v) is 4.45. The predicted octanol–water partition coefficient (Wildman–Crippen LogP) is 1.97. The molecule has 2 aliphatic rings. The van der Waals surface area contributed by atoms with Crippen LogP contribution in [0, 0.1) is 12.5 Å². The first-order chi connectivity index (χ1) is 4.97. The van der Waals surface area contributed by atoms with Crippen LogP contribution in [-0.4, -0.2) is 6.04 Å².